The molecular weight excluding hydrogens is 142 g/mol. The van der Waals surface area contributed by atoms with Gasteiger partial charge in [-0.15, -0.1) is 0 Å². The van der Waals surface area contributed by atoms with E-state index in [0.29, 0.717) is 6.42 Å². The third-order valence-electron chi connectivity index (χ3n) is 2.14. The number of carboxylic acid groups (broad SMARTS) is 1. The molecule has 1 aliphatic carbocycles. The van der Waals surface area contributed by atoms with Crippen molar-refractivity contribution in [3.8, 4) is 6.07 Å². The van der Waals surface area contributed by atoms with E-state index in [1.807, 2.05) is 6.07 Å². The highest BCUT2D eigenvalue weighted by Crippen LogP contribution is 2.55. The molecule has 2 unspecified atom stereocenters. The highest BCUT2D eigenvalue weighted by atomic mass is 16.4. The summed E-state index contributed by atoms with van der Waals surface area (Å²) in [5.41, 5.74) is -0.361. The number of nitrogens with zero attached hydrogens (tertiary/aromatic N) is 1. The van der Waals surface area contributed by atoms with Gasteiger partial charge in [-0.1, -0.05) is 12.2 Å². The lowest BCUT2D eigenvalue weighted by Crippen LogP contribution is -2.15. The molecule has 1 aliphatic rings. The summed E-state index contributed by atoms with van der Waals surface area (Å²) in [4.78, 5) is 10.6. The summed E-state index contributed by atoms with van der Waals surface area (Å²) in [7, 11) is 0. The Labute approximate surface area is 64.9 Å². The Bertz CT molecular complexity index is 264. The Morgan fingerprint density at radius 3 is 2.55 bits per heavy atom. The van der Waals surface area contributed by atoms with Gasteiger partial charge in [0.25, 0.3) is 0 Å². The molecule has 1 rings (SSSR count). The lowest BCUT2D eigenvalue weighted by molar-refractivity contribution is -0.141. The highest BCUT2D eigenvalue weighted by molar-refractivity contribution is 5.83. The molecule has 3 heteroatoms. The molecule has 0 radical (unpaired) electrons. The lowest BCUT2D eigenvalue weighted by Gasteiger charge is -1.99. The first-order valence-corrected chi connectivity index (χ1v) is 3.34. The van der Waals surface area contributed by atoms with Crippen LogP contribution in [0.5, 0.6) is 0 Å². The molecule has 58 valence electrons. The summed E-state index contributed by atoms with van der Waals surface area (Å²) in [5.74, 6) is -1.15. The number of carboxylic acids is 1. The van der Waals surface area contributed by atoms with Gasteiger partial charge >= 0.3 is 5.97 Å². The van der Waals surface area contributed by atoms with Crippen LogP contribution >= 0.6 is 0 Å². The fraction of sp³-hybridized carbons (Fsp3) is 0.500. The summed E-state index contributed by atoms with van der Waals surface area (Å²) in [5, 5.41) is 17.2. The predicted octanol–water partition coefficient (Wildman–Crippen LogP) is 1.18. The summed E-state index contributed by atoms with van der Waals surface area (Å²) >= 11 is 0. The van der Waals surface area contributed by atoms with Crippen LogP contribution in [0.4, 0.5) is 0 Å². The molecule has 0 saturated heterocycles. The van der Waals surface area contributed by atoms with Gasteiger partial charge in [-0.2, -0.15) is 5.26 Å². The van der Waals surface area contributed by atoms with Crippen LogP contribution in [0.3, 0.4) is 0 Å². The minimum Gasteiger partial charge on any atom is -0.480 e. The van der Waals surface area contributed by atoms with Gasteiger partial charge in [-0.25, -0.2) is 0 Å². The van der Waals surface area contributed by atoms with Gasteiger partial charge in [0.15, 0.2) is 5.41 Å². The maximum absolute atomic E-state index is 10.6. The summed E-state index contributed by atoms with van der Waals surface area (Å²) in [6.45, 7) is 5.38. The summed E-state index contributed by atoms with van der Waals surface area (Å²) in [6, 6.07) is 1.82. The lowest BCUT2D eigenvalue weighted by atomic mass is 10.0. The molecule has 1 fully saturated rings. The Morgan fingerprint density at radius 2 is 2.45 bits per heavy atom. The van der Waals surface area contributed by atoms with E-state index in [1.54, 1.807) is 6.92 Å². The quantitative estimate of drug-likeness (QED) is 0.603. The van der Waals surface area contributed by atoms with Gasteiger partial charge in [-0.05, 0) is 13.3 Å². The van der Waals surface area contributed by atoms with E-state index in [9.17, 15) is 4.79 Å². The maximum Gasteiger partial charge on any atom is 0.324 e. The van der Waals surface area contributed by atoms with E-state index < -0.39 is 11.4 Å². The molecular formula is C8H9NO2. The van der Waals surface area contributed by atoms with E-state index >= 15 is 0 Å². The SMILES string of the molecule is C=C(C)C1CC1(C#N)C(=O)O. The van der Waals surface area contributed by atoms with Gasteiger partial charge in [0, 0.05) is 5.92 Å². The van der Waals surface area contributed by atoms with Crippen LogP contribution in [-0.2, 0) is 4.79 Å². The zero-order valence-corrected chi connectivity index (χ0v) is 6.29. The van der Waals surface area contributed by atoms with Crippen molar-refractivity contribution in [2.75, 3.05) is 0 Å². The van der Waals surface area contributed by atoms with Crippen molar-refractivity contribution in [1.29, 1.82) is 5.26 Å². The zero-order chi connectivity index (χ0) is 8.65. The van der Waals surface area contributed by atoms with E-state index in [1.165, 1.54) is 0 Å². The van der Waals surface area contributed by atoms with Crippen LogP contribution in [0.1, 0.15) is 13.3 Å². The molecule has 0 heterocycles. The van der Waals surface area contributed by atoms with E-state index in [0.717, 1.165) is 5.57 Å². The third kappa shape index (κ3) is 0.911. The maximum atomic E-state index is 10.6. The molecule has 11 heavy (non-hydrogen) atoms. The number of aliphatic carboxylic acids is 1. The molecule has 0 aromatic rings. The minimum atomic E-state index is -1.15. The number of hydrogen-bond donors (Lipinski definition) is 1. The van der Waals surface area contributed by atoms with Crippen molar-refractivity contribution < 1.29 is 9.90 Å². The van der Waals surface area contributed by atoms with Crippen molar-refractivity contribution >= 4 is 5.97 Å². The second-order valence-corrected chi connectivity index (χ2v) is 2.99. The minimum absolute atomic E-state index is 0.134. The fourth-order valence-electron chi connectivity index (χ4n) is 1.27. The second kappa shape index (κ2) is 2.09. The Kier molecular flexibility index (Phi) is 1.48. The highest BCUT2D eigenvalue weighted by Gasteiger charge is 2.61. The third-order valence-corrected chi connectivity index (χ3v) is 2.14. The van der Waals surface area contributed by atoms with Crippen molar-refractivity contribution in [3.05, 3.63) is 12.2 Å². The van der Waals surface area contributed by atoms with Crippen LogP contribution in [0.15, 0.2) is 12.2 Å². The smallest absolute Gasteiger partial charge is 0.324 e. The van der Waals surface area contributed by atoms with Crippen LogP contribution in [0.25, 0.3) is 0 Å². The summed E-state index contributed by atoms with van der Waals surface area (Å²) < 4.78 is 0. The monoisotopic (exact) mass is 151 g/mol. The Hall–Kier alpha value is -1.30. The average Bonchev–Trinajstić information content (AvgIpc) is 2.62. The first-order chi connectivity index (χ1) is 5.04. The van der Waals surface area contributed by atoms with E-state index in [4.69, 9.17) is 10.4 Å². The first-order valence-electron chi connectivity index (χ1n) is 3.34. The molecule has 2 atom stereocenters. The van der Waals surface area contributed by atoms with Gasteiger partial charge < -0.3 is 5.11 Å². The number of nitriles is 1. The van der Waals surface area contributed by atoms with Gasteiger partial charge in [0.05, 0.1) is 6.07 Å². The van der Waals surface area contributed by atoms with E-state index in [-0.39, 0.29) is 5.92 Å². The van der Waals surface area contributed by atoms with Gasteiger partial charge in [0.1, 0.15) is 0 Å². The first kappa shape index (κ1) is 7.80. The number of hydrogen-bond acceptors (Lipinski definition) is 2. The average molecular weight is 151 g/mol. The molecule has 3 nitrogen and oxygen atoms in total. The Morgan fingerprint density at radius 1 is 1.91 bits per heavy atom. The number of allylic oxidation sites excluding steroid dienone is 1. The zero-order valence-electron chi connectivity index (χ0n) is 6.29. The topological polar surface area (TPSA) is 61.1 Å². The second-order valence-electron chi connectivity index (χ2n) is 2.99. The number of carbonyl (C=O) groups is 1. The standard InChI is InChI=1S/C8H9NO2/c1-5(2)6-3-8(6,4-9)7(10)11/h6H,1,3H2,2H3,(H,10,11). The summed E-state index contributed by atoms with van der Waals surface area (Å²) in [6.07, 6.45) is 0.425. The molecule has 0 amide bonds. The molecule has 1 saturated carbocycles. The van der Waals surface area contributed by atoms with Crippen LogP contribution < -0.4 is 0 Å². The Balaban J connectivity index is 2.82. The molecule has 0 aliphatic heterocycles. The van der Waals surface area contributed by atoms with Crippen molar-refractivity contribution in [2.45, 2.75) is 13.3 Å². The van der Waals surface area contributed by atoms with E-state index in [2.05, 4.69) is 6.58 Å². The van der Waals surface area contributed by atoms with Crippen LogP contribution in [0.2, 0.25) is 0 Å². The number of rotatable bonds is 2. The largest absolute Gasteiger partial charge is 0.480 e. The predicted molar refractivity (Wildman–Crippen MR) is 38.6 cm³/mol. The molecule has 0 bridgehead atoms. The van der Waals surface area contributed by atoms with Crippen molar-refractivity contribution in [3.63, 3.8) is 0 Å². The van der Waals surface area contributed by atoms with Gasteiger partial charge in [0.2, 0.25) is 0 Å². The van der Waals surface area contributed by atoms with Gasteiger partial charge in [-0.3, -0.25) is 4.79 Å². The normalized spacial score (nSPS) is 34.0. The molecule has 0 spiro atoms. The van der Waals surface area contributed by atoms with Crippen LogP contribution in [0, 0.1) is 22.7 Å². The molecule has 0 aromatic heterocycles. The van der Waals surface area contributed by atoms with Crippen molar-refractivity contribution in [1.82, 2.24) is 0 Å². The molecule has 0 aromatic carbocycles. The molecule has 1 N–H and O–H groups in total. The van der Waals surface area contributed by atoms with Crippen molar-refractivity contribution in [2.24, 2.45) is 11.3 Å². The van der Waals surface area contributed by atoms with Crippen LogP contribution in [-0.4, -0.2) is 11.1 Å². The fourth-order valence-corrected chi connectivity index (χ4v) is 1.27.